The first kappa shape index (κ1) is 121. The molecule has 7 rings (SSSR count). The Hall–Kier alpha value is -4.80. The Morgan fingerprint density at radius 3 is 1.15 bits per heavy atom. The summed E-state index contributed by atoms with van der Waals surface area (Å²) in [4.78, 5) is 79.8. The van der Waals surface area contributed by atoms with Crippen LogP contribution in [0.2, 0.25) is 0 Å². The molecule has 0 aromatic heterocycles. The Bertz CT molecular complexity index is 3510. The molecule has 46 heteroatoms. The van der Waals surface area contributed by atoms with Crippen molar-refractivity contribution < 1.29 is 202 Å². The number of aliphatic carboxylic acids is 1. The SMILES string of the molecule is CCCCCCCCCCCCC/C=C/[C@@H](O)[C@H](CO[C@@H]1OC(CO)[C@@H](O[C@@H]2OC(CO)[C@H](O[C@@H]3OC(CO)[C@H](O)[C@H](O)C3NC(C)=O)[C@H](O[C@@H]3OC(CO)[C@@H](O)[C@H](O[C@@H]4OC(CO)[C@H](O[C@@H]5OC(CO)[C@H](O)[C@H](O)C5NC(C)=O)[C@H](O[C@]5(C(=O)O)CC(O)[C@@H](NC(C)=O)C([C@H](O)[C@H](O)CO)O5)C4O)C3NC(C)=O)C2O)[C@H](O)C1O)NC(=O)CCCCCCCCCCCCCCCCCCCCC. The van der Waals surface area contributed by atoms with E-state index in [2.05, 4.69) is 40.4 Å². The number of hydrogen-bond donors (Lipinski definition) is 26. The molecule has 139 heavy (non-hydrogen) atoms. The lowest BCUT2D eigenvalue weighted by Gasteiger charge is -2.53. The highest BCUT2D eigenvalue weighted by Crippen LogP contribution is 2.43. The van der Waals surface area contributed by atoms with Gasteiger partial charge in [0.15, 0.2) is 37.7 Å². The van der Waals surface area contributed by atoms with Crippen LogP contribution in [-0.4, -0.2) is 428 Å². The van der Waals surface area contributed by atoms with E-state index in [0.717, 1.165) is 91.9 Å². The van der Waals surface area contributed by atoms with Crippen LogP contribution in [-0.2, 0) is 95.1 Å². The van der Waals surface area contributed by atoms with Crippen molar-refractivity contribution in [2.45, 2.75) is 486 Å². The normalized spacial score (nSPS) is 36.0. The number of carbonyl (C=O) groups is 6. The zero-order valence-electron chi connectivity index (χ0n) is 81.1. The molecule has 0 spiro atoms. The van der Waals surface area contributed by atoms with Crippen LogP contribution in [0.4, 0.5) is 0 Å². The van der Waals surface area contributed by atoms with Gasteiger partial charge in [-0.05, 0) is 19.3 Å². The van der Waals surface area contributed by atoms with Crippen LogP contribution in [0.5, 0.6) is 0 Å². The zero-order valence-corrected chi connectivity index (χ0v) is 81.1. The van der Waals surface area contributed by atoms with E-state index in [9.17, 15) is 136 Å². The van der Waals surface area contributed by atoms with Crippen molar-refractivity contribution in [2.24, 2.45) is 0 Å². The van der Waals surface area contributed by atoms with Crippen LogP contribution in [0.1, 0.15) is 253 Å². The highest BCUT2D eigenvalue weighted by atomic mass is 16.8. The third-order valence-corrected chi connectivity index (χ3v) is 26.6. The molecular weight excluding hydrogens is 1840 g/mol. The lowest BCUT2D eigenvalue weighted by Crippen LogP contribution is -2.73. The molecule has 808 valence electrons. The Morgan fingerprint density at radius 2 is 0.727 bits per heavy atom. The van der Waals surface area contributed by atoms with Gasteiger partial charge in [0.1, 0.15) is 165 Å². The number of unbranched alkanes of at least 4 members (excludes halogenated alkanes) is 29. The number of amides is 5. The molecule has 0 aliphatic carbocycles. The van der Waals surface area contributed by atoms with E-state index in [4.69, 9.17) is 66.3 Å². The van der Waals surface area contributed by atoms with Gasteiger partial charge in [0.05, 0.1) is 77.1 Å². The van der Waals surface area contributed by atoms with Crippen LogP contribution in [0.25, 0.3) is 0 Å². The summed E-state index contributed by atoms with van der Waals surface area (Å²) < 4.78 is 86.4. The second-order valence-corrected chi connectivity index (χ2v) is 37.8. The average molecular weight is 2010 g/mol. The van der Waals surface area contributed by atoms with E-state index in [-0.39, 0.29) is 6.42 Å². The second kappa shape index (κ2) is 63.0. The fraction of sp³-hybridized carbons (Fsp3) is 0.914. The molecule has 0 bridgehead atoms. The minimum absolute atomic E-state index is 0.104. The maximum absolute atomic E-state index is 14.0. The summed E-state index contributed by atoms with van der Waals surface area (Å²) >= 11 is 0. The van der Waals surface area contributed by atoms with Gasteiger partial charge < -0.3 is 200 Å². The number of carbonyl (C=O) groups excluding carboxylic acids is 5. The molecule has 38 atom stereocenters. The van der Waals surface area contributed by atoms with Crippen LogP contribution in [0.3, 0.4) is 0 Å². The smallest absolute Gasteiger partial charge is 0.364 e. The van der Waals surface area contributed by atoms with E-state index in [1.165, 1.54) is 128 Å². The number of aliphatic hydroxyl groups excluding tert-OH is 20. The summed E-state index contributed by atoms with van der Waals surface area (Å²) in [6.07, 6.45) is -32.0. The Kier molecular flexibility index (Phi) is 54.9. The molecule has 0 saturated carbocycles. The van der Waals surface area contributed by atoms with Crippen molar-refractivity contribution in [3.63, 3.8) is 0 Å². The third-order valence-electron chi connectivity index (χ3n) is 26.6. The molecule has 7 aliphatic rings. The highest BCUT2D eigenvalue weighted by Gasteiger charge is 2.64. The van der Waals surface area contributed by atoms with E-state index in [1.54, 1.807) is 6.08 Å². The van der Waals surface area contributed by atoms with Crippen molar-refractivity contribution >= 4 is 35.5 Å². The van der Waals surface area contributed by atoms with E-state index >= 15 is 0 Å². The number of rotatable bonds is 64. The molecule has 7 saturated heterocycles. The molecule has 0 aromatic rings. The van der Waals surface area contributed by atoms with Gasteiger partial charge in [0.25, 0.3) is 5.79 Å². The minimum Gasteiger partial charge on any atom is -0.477 e. The maximum atomic E-state index is 14.0. The molecular formula is C93H165N5O41. The molecule has 7 aliphatic heterocycles. The Morgan fingerprint density at radius 1 is 0.374 bits per heavy atom. The van der Waals surface area contributed by atoms with Crippen molar-refractivity contribution in [1.29, 1.82) is 0 Å². The fourth-order valence-electron chi connectivity index (χ4n) is 18.8. The van der Waals surface area contributed by atoms with Crippen molar-refractivity contribution in [3.05, 3.63) is 12.2 Å². The van der Waals surface area contributed by atoms with Gasteiger partial charge in [0.2, 0.25) is 29.5 Å². The van der Waals surface area contributed by atoms with Crippen LogP contribution in [0.15, 0.2) is 12.2 Å². The van der Waals surface area contributed by atoms with Crippen molar-refractivity contribution in [2.75, 3.05) is 52.9 Å². The standard InChI is InChI=1S/C93H165N5O41/c1-7-9-11-13-15-17-19-21-22-23-24-25-26-28-30-32-34-36-38-40-64(113)98-54(55(110)39-37-35-33-31-29-27-20-18-16-14-12-10-8-2)49-126-89-76(121)75(120)79(61(46-103)130-89)133-90-77(122)84(80(62(47-104)131-90)134-86-66(95-51(4)107)73(118)70(115)58(43-100)127-86)137-88-68(97-53(6)109)82(72(117)60(45-102)129-88)136-91-78(123)85(81(63(48-105)132-91)135-87-67(96-52(5)108)74(119)71(116)59(44-101)128-87)139-93(92(124)125)41-56(111)65(94-50(3)106)83(138-93)69(114)57(112)42-99/h37,39,54-63,65-91,99-105,110-112,114-123H,7-36,38,40-49H2,1-6H3,(H,94,106)(H,95,107)(H,96,108)(H,97,109)(H,98,113)(H,124,125)/b39-37+/t54-,55+,56?,57+,58?,59?,60?,61?,62?,63?,65+,66?,67?,68?,69+,70-,71-,72+,73+,74+,75+,76?,77?,78?,79+,80-,81-,82+,83?,84+,85+,86-,87-,88-,89+,90-,91-,93-/m0/s1. The summed E-state index contributed by atoms with van der Waals surface area (Å²) in [5.41, 5.74) is 0. The minimum atomic E-state index is -3.49. The summed E-state index contributed by atoms with van der Waals surface area (Å²) in [5.74, 6) is -9.92. The molecule has 14 unspecified atom stereocenters. The summed E-state index contributed by atoms with van der Waals surface area (Å²) in [6.45, 7) is -0.662. The number of hydrogen-bond acceptors (Lipinski definition) is 40. The van der Waals surface area contributed by atoms with E-state index in [0.29, 0.717) is 12.8 Å². The quantitative estimate of drug-likeness (QED) is 0.0207. The molecule has 46 nitrogen and oxygen atoms in total. The van der Waals surface area contributed by atoms with Crippen LogP contribution >= 0.6 is 0 Å². The average Bonchev–Trinajstić information content (AvgIpc) is 0.753. The summed E-state index contributed by atoms with van der Waals surface area (Å²) in [7, 11) is 0. The van der Waals surface area contributed by atoms with E-state index < -0.39 is 327 Å². The number of ether oxygens (including phenoxy) is 14. The molecule has 5 amide bonds. The van der Waals surface area contributed by atoms with Gasteiger partial charge in [-0.1, -0.05) is 206 Å². The Balaban J connectivity index is 1.17. The summed E-state index contributed by atoms with van der Waals surface area (Å²) in [6, 6.07) is -8.91. The number of carboxylic acid groups (broad SMARTS) is 1. The molecule has 7 heterocycles. The topological polar surface area (TPSA) is 717 Å². The van der Waals surface area contributed by atoms with E-state index in [1.807, 2.05) is 0 Å². The van der Waals surface area contributed by atoms with Gasteiger partial charge in [-0.15, -0.1) is 0 Å². The van der Waals surface area contributed by atoms with Gasteiger partial charge in [-0.3, -0.25) is 24.0 Å². The molecule has 0 radical (unpaired) electrons. The van der Waals surface area contributed by atoms with Gasteiger partial charge >= 0.3 is 5.97 Å². The predicted molar refractivity (Wildman–Crippen MR) is 485 cm³/mol. The van der Waals surface area contributed by atoms with Gasteiger partial charge in [-0.25, -0.2) is 4.79 Å². The molecule has 0 aromatic carbocycles. The number of carboxylic acids is 1. The Labute approximate surface area is 812 Å². The monoisotopic (exact) mass is 2010 g/mol. The van der Waals surface area contributed by atoms with Crippen molar-refractivity contribution in [1.82, 2.24) is 26.6 Å². The first-order valence-electron chi connectivity index (χ1n) is 50.1. The van der Waals surface area contributed by atoms with Crippen LogP contribution in [0, 0.1) is 0 Å². The highest BCUT2D eigenvalue weighted by molar-refractivity contribution is 5.77. The first-order chi connectivity index (χ1) is 66.5. The van der Waals surface area contributed by atoms with Crippen molar-refractivity contribution in [3.8, 4) is 0 Å². The lowest BCUT2D eigenvalue weighted by atomic mass is 9.88. The second-order valence-electron chi connectivity index (χ2n) is 37.8. The maximum Gasteiger partial charge on any atom is 0.364 e. The predicted octanol–water partition coefficient (Wildman–Crippen LogP) is -3.55. The van der Waals surface area contributed by atoms with Gasteiger partial charge in [-0.2, -0.15) is 0 Å². The first-order valence-corrected chi connectivity index (χ1v) is 50.1. The zero-order chi connectivity index (χ0) is 102. The van der Waals surface area contributed by atoms with Gasteiger partial charge in [0, 0.05) is 40.5 Å². The molecule has 7 fully saturated rings. The third kappa shape index (κ3) is 36.3. The summed E-state index contributed by atoms with van der Waals surface area (Å²) in [5, 5.41) is 253. The number of allylic oxidation sites excluding steroid dienone is 1. The fourth-order valence-corrected chi connectivity index (χ4v) is 18.8. The number of nitrogens with one attached hydrogen (secondary N) is 5. The number of aliphatic hydroxyl groups is 20. The largest absolute Gasteiger partial charge is 0.477 e. The molecule has 26 N–H and O–H groups in total. The lowest BCUT2D eigenvalue weighted by molar-refractivity contribution is -0.404. The van der Waals surface area contributed by atoms with Crippen LogP contribution < -0.4 is 26.6 Å².